The Bertz CT molecular complexity index is 233. The Kier molecular flexibility index (Phi) is 3.35. The number of hydrogen-bond donors (Lipinski definition) is 0. The predicted octanol–water partition coefficient (Wildman–Crippen LogP) is 2.12. The topological polar surface area (TPSA) is 47.6 Å². The first-order valence-corrected chi connectivity index (χ1v) is 5.15. The predicted molar refractivity (Wildman–Crippen MR) is 47.8 cm³/mol. The van der Waals surface area contributed by atoms with Gasteiger partial charge < -0.3 is 0 Å². The first kappa shape index (κ1) is 8.52. The molecule has 0 aromatic rings. The molecule has 1 heterocycles. The Balaban J connectivity index is 2.77. The van der Waals surface area contributed by atoms with Crippen LogP contribution in [0, 0.1) is 22.7 Å². The second-order valence-electron chi connectivity index (χ2n) is 1.94. The fourth-order valence-corrected chi connectivity index (χ4v) is 3.13. The minimum absolute atomic E-state index is 0.278. The molecular weight excluding hydrogens is 176 g/mol. The molecule has 11 heavy (non-hydrogen) atoms. The lowest BCUT2D eigenvalue weighted by molar-refractivity contribution is 1.12. The molecule has 0 amide bonds. The molecular formula is C7H6N2S2. The normalized spacial score (nSPS) is 16.7. The van der Waals surface area contributed by atoms with Gasteiger partial charge >= 0.3 is 0 Å². The van der Waals surface area contributed by atoms with Gasteiger partial charge in [0.1, 0.15) is 17.7 Å². The van der Waals surface area contributed by atoms with E-state index in [-0.39, 0.29) is 5.57 Å². The molecule has 0 radical (unpaired) electrons. The van der Waals surface area contributed by atoms with Gasteiger partial charge in [-0.05, 0) is 17.9 Å². The van der Waals surface area contributed by atoms with E-state index in [0.717, 1.165) is 15.7 Å². The molecule has 1 fully saturated rings. The van der Waals surface area contributed by atoms with E-state index >= 15 is 0 Å². The van der Waals surface area contributed by atoms with Gasteiger partial charge in [0.2, 0.25) is 0 Å². The summed E-state index contributed by atoms with van der Waals surface area (Å²) in [5, 5.41) is 17.0. The van der Waals surface area contributed by atoms with Crippen LogP contribution in [0.4, 0.5) is 0 Å². The summed E-state index contributed by atoms with van der Waals surface area (Å²) in [5.74, 6) is 2.07. The number of thioether (sulfide) groups is 2. The minimum Gasteiger partial charge on any atom is -0.192 e. The average Bonchev–Trinajstić information content (AvgIpc) is 2.09. The number of nitriles is 2. The lowest BCUT2D eigenvalue weighted by Gasteiger charge is -2.11. The van der Waals surface area contributed by atoms with Crippen molar-refractivity contribution >= 4 is 23.5 Å². The maximum Gasteiger partial charge on any atom is 0.149 e. The van der Waals surface area contributed by atoms with Crippen LogP contribution in [-0.2, 0) is 0 Å². The molecule has 0 aromatic heterocycles. The van der Waals surface area contributed by atoms with E-state index in [9.17, 15) is 0 Å². The molecule has 0 bridgehead atoms. The van der Waals surface area contributed by atoms with Gasteiger partial charge in [0, 0.05) is 0 Å². The molecule has 0 saturated carbocycles. The van der Waals surface area contributed by atoms with Crippen LogP contribution in [-0.4, -0.2) is 11.5 Å². The van der Waals surface area contributed by atoms with Gasteiger partial charge in [-0.3, -0.25) is 0 Å². The molecule has 0 spiro atoms. The number of allylic oxidation sites excluding steroid dienone is 1. The van der Waals surface area contributed by atoms with Crippen LogP contribution >= 0.6 is 23.5 Å². The lowest BCUT2D eigenvalue weighted by Crippen LogP contribution is -1.93. The largest absolute Gasteiger partial charge is 0.192 e. The van der Waals surface area contributed by atoms with Gasteiger partial charge in [0.15, 0.2) is 0 Å². The Labute approximate surface area is 74.3 Å². The highest BCUT2D eigenvalue weighted by atomic mass is 32.2. The third-order valence-electron chi connectivity index (χ3n) is 1.18. The molecule has 1 aliphatic rings. The molecule has 1 rings (SSSR count). The molecule has 1 saturated heterocycles. The number of hydrogen-bond acceptors (Lipinski definition) is 4. The van der Waals surface area contributed by atoms with Crippen molar-refractivity contribution in [2.24, 2.45) is 0 Å². The first-order chi connectivity index (χ1) is 5.38. The third kappa shape index (κ3) is 2.18. The Morgan fingerprint density at radius 1 is 1.18 bits per heavy atom. The van der Waals surface area contributed by atoms with Gasteiger partial charge in [-0.15, -0.1) is 23.5 Å². The van der Waals surface area contributed by atoms with E-state index in [1.54, 1.807) is 23.5 Å². The molecule has 0 aliphatic carbocycles. The quantitative estimate of drug-likeness (QED) is 0.538. The molecule has 56 valence electrons. The molecule has 2 nitrogen and oxygen atoms in total. The lowest BCUT2D eigenvalue weighted by atomic mass is 10.4. The summed E-state index contributed by atoms with van der Waals surface area (Å²) in [6, 6.07) is 3.80. The molecule has 0 atom stereocenters. The van der Waals surface area contributed by atoms with Crippen molar-refractivity contribution in [2.75, 3.05) is 11.5 Å². The molecule has 4 heteroatoms. The molecule has 1 aliphatic heterocycles. The van der Waals surface area contributed by atoms with Crippen LogP contribution in [0.25, 0.3) is 0 Å². The second-order valence-corrected chi connectivity index (χ2v) is 4.41. The van der Waals surface area contributed by atoms with Crippen molar-refractivity contribution in [3.63, 3.8) is 0 Å². The molecule has 0 N–H and O–H groups in total. The van der Waals surface area contributed by atoms with Crippen molar-refractivity contribution in [1.29, 1.82) is 10.5 Å². The summed E-state index contributed by atoms with van der Waals surface area (Å²) < 4.78 is 0.904. The standard InChI is InChI=1S/C7H6N2S2/c8-4-6(5-9)7-10-2-1-3-11-7/h1-3H2. The van der Waals surface area contributed by atoms with E-state index < -0.39 is 0 Å². The summed E-state index contributed by atoms with van der Waals surface area (Å²) in [7, 11) is 0. The zero-order valence-electron chi connectivity index (χ0n) is 5.83. The fraction of sp³-hybridized carbons (Fsp3) is 0.429. The van der Waals surface area contributed by atoms with Crippen molar-refractivity contribution in [3.8, 4) is 12.1 Å². The first-order valence-electron chi connectivity index (χ1n) is 3.18. The van der Waals surface area contributed by atoms with Gasteiger partial charge in [-0.2, -0.15) is 10.5 Å². The van der Waals surface area contributed by atoms with Crippen LogP contribution in [0.2, 0.25) is 0 Å². The summed E-state index contributed by atoms with van der Waals surface area (Å²) in [5.41, 5.74) is 0.278. The van der Waals surface area contributed by atoms with E-state index in [2.05, 4.69) is 0 Å². The highest BCUT2D eigenvalue weighted by Gasteiger charge is 2.11. The van der Waals surface area contributed by atoms with E-state index in [1.807, 2.05) is 12.1 Å². The van der Waals surface area contributed by atoms with Crippen LogP contribution in [0.5, 0.6) is 0 Å². The fourth-order valence-electron chi connectivity index (χ4n) is 0.691. The van der Waals surface area contributed by atoms with Crippen LogP contribution in [0.15, 0.2) is 9.81 Å². The van der Waals surface area contributed by atoms with E-state index in [1.165, 1.54) is 6.42 Å². The van der Waals surface area contributed by atoms with Gasteiger partial charge in [0.05, 0.1) is 4.24 Å². The summed E-state index contributed by atoms with van der Waals surface area (Å²) >= 11 is 3.24. The number of nitrogens with zero attached hydrogens (tertiary/aromatic N) is 2. The summed E-state index contributed by atoms with van der Waals surface area (Å²) in [6.45, 7) is 0. The van der Waals surface area contributed by atoms with E-state index in [4.69, 9.17) is 10.5 Å². The zero-order valence-corrected chi connectivity index (χ0v) is 7.47. The zero-order chi connectivity index (χ0) is 8.10. The van der Waals surface area contributed by atoms with Gasteiger partial charge in [-0.25, -0.2) is 0 Å². The SMILES string of the molecule is N#CC(C#N)=C1SCCCS1. The molecule has 0 aromatic carbocycles. The van der Waals surface area contributed by atoms with Crippen molar-refractivity contribution in [3.05, 3.63) is 9.81 Å². The Morgan fingerprint density at radius 3 is 2.18 bits per heavy atom. The average molecular weight is 182 g/mol. The highest BCUT2D eigenvalue weighted by Crippen LogP contribution is 2.36. The van der Waals surface area contributed by atoms with Gasteiger partial charge in [0.25, 0.3) is 0 Å². The maximum absolute atomic E-state index is 8.52. The highest BCUT2D eigenvalue weighted by molar-refractivity contribution is 8.22. The van der Waals surface area contributed by atoms with Crippen molar-refractivity contribution in [2.45, 2.75) is 6.42 Å². The van der Waals surface area contributed by atoms with Crippen molar-refractivity contribution < 1.29 is 0 Å². The van der Waals surface area contributed by atoms with Gasteiger partial charge in [-0.1, -0.05) is 0 Å². The van der Waals surface area contributed by atoms with Crippen LogP contribution in [0.1, 0.15) is 6.42 Å². The monoisotopic (exact) mass is 182 g/mol. The van der Waals surface area contributed by atoms with E-state index in [0.29, 0.717) is 0 Å². The van der Waals surface area contributed by atoms with Crippen LogP contribution in [0.3, 0.4) is 0 Å². The smallest absolute Gasteiger partial charge is 0.149 e. The van der Waals surface area contributed by atoms with Crippen LogP contribution < -0.4 is 0 Å². The summed E-state index contributed by atoms with van der Waals surface area (Å²) in [4.78, 5) is 0. The van der Waals surface area contributed by atoms with Crippen molar-refractivity contribution in [1.82, 2.24) is 0 Å². The minimum atomic E-state index is 0.278. The maximum atomic E-state index is 8.52. The number of rotatable bonds is 0. The summed E-state index contributed by atoms with van der Waals surface area (Å²) in [6.07, 6.45) is 1.17. The molecule has 0 unspecified atom stereocenters. The second kappa shape index (κ2) is 4.33. The Hall–Kier alpha value is -0.580. The third-order valence-corrected chi connectivity index (χ3v) is 3.81. The Morgan fingerprint density at radius 2 is 1.73 bits per heavy atom.